The Bertz CT molecular complexity index is 1110. The van der Waals surface area contributed by atoms with Crippen molar-refractivity contribution in [2.24, 2.45) is 0 Å². The first kappa shape index (κ1) is 69.3. The molecule has 0 saturated carbocycles. The highest BCUT2D eigenvalue weighted by Crippen LogP contribution is 2.18. The second-order valence-corrected chi connectivity index (χ2v) is 22.1. The van der Waals surface area contributed by atoms with Gasteiger partial charge in [0.2, 0.25) is 5.91 Å². The van der Waals surface area contributed by atoms with Gasteiger partial charge >= 0.3 is 5.97 Å². The maximum atomic E-state index is 12.5. The highest BCUT2D eigenvalue weighted by Gasteiger charge is 2.20. The van der Waals surface area contributed by atoms with Crippen LogP contribution in [0.5, 0.6) is 0 Å². The minimum Gasteiger partial charge on any atom is -0.465 e. The van der Waals surface area contributed by atoms with Crippen molar-refractivity contribution in [1.29, 1.82) is 0 Å². The second kappa shape index (κ2) is 60.9. The van der Waals surface area contributed by atoms with Gasteiger partial charge in [-0.15, -0.1) is 0 Å². The van der Waals surface area contributed by atoms with Crippen molar-refractivity contribution in [3.63, 3.8) is 0 Å². The maximum Gasteiger partial charge on any atom is 0.305 e. The lowest BCUT2D eigenvalue weighted by atomic mass is 10.0. The Morgan fingerprint density at radius 1 is 0.394 bits per heavy atom. The van der Waals surface area contributed by atoms with Gasteiger partial charge in [0.1, 0.15) is 0 Å². The Hall–Kier alpha value is -1.66. The second-order valence-electron chi connectivity index (χ2n) is 22.1. The number of aliphatic hydroxyl groups is 2. The molecule has 0 fully saturated rings. The third-order valence-corrected chi connectivity index (χ3v) is 15.0. The molecule has 71 heavy (non-hydrogen) atoms. The summed E-state index contributed by atoms with van der Waals surface area (Å²) >= 11 is 0. The molecule has 6 heteroatoms. The van der Waals surface area contributed by atoms with Gasteiger partial charge in [0, 0.05) is 12.8 Å². The number of allylic oxidation sites excluding steroid dienone is 3. The molecule has 0 aliphatic rings. The van der Waals surface area contributed by atoms with Crippen LogP contribution in [0.25, 0.3) is 0 Å². The van der Waals surface area contributed by atoms with Gasteiger partial charge in [0.15, 0.2) is 0 Å². The predicted molar refractivity (Wildman–Crippen MR) is 310 cm³/mol. The standard InChI is InChI=1S/C65H125NO5/c1-3-5-7-9-11-13-15-17-19-20-26-30-33-37-41-45-49-53-57-63(68)62(61-67)66-64(69)58-54-50-46-42-38-34-31-27-24-22-21-23-25-28-32-36-40-44-48-52-56-60-71-65(70)59-55-51-47-43-39-35-29-18-16-14-12-10-8-6-4-2/h36,40,48,52,62-63,67-68H,3-35,37-39,41-47,49-51,53-61H2,1-2H3,(H,66,69)/b40-36-,52-48-. The zero-order valence-electron chi connectivity index (χ0n) is 48.0. The Morgan fingerprint density at radius 3 is 1.07 bits per heavy atom. The topological polar surface area (TPSA) is 95.9 Å². The van der Waals surface area contributed by atoms with Gasteiger partial charge < -0.3 is 20.3 Å². The van der Waals surface area contributed by atoms with Crippen molar-refractivity contribution in [2.45, 2.75) is 366 Å². The van der Waals surface area contributed by atoms with Gasteiger partial charge in [-0.3, -0.25) is 9.59 Å². The minimum absolute atomic E-state index is 0.0316. The summed E-state index contributed by atoms with van der Waals surface area (Å²) in [5.41, 5.74) is 0. The van der Waals surface area contributed by atoms with Gasteiger partial charge in [0.05, 0.1) is 25.4 Å². The minimum atomic E-state index is -0.668. The summed E-state index contributed by atoms with van der Waals surface area (Å²) in [5.74, 6) is -0.0683. The molecule has 0 bridgehead atoms. The van der Waals surface area contributed by atoms with Crippen LogP contribution in [-0.2, 0) is 14.3 Å². The molecule has 1 amide bonds. The van der Waals surface area contributed by atoms with E-state index in [1.807, 2.05) is 0 Å². The molecule has 2 atom stereocenters. The van der Waals surface area contributed by atoms with Crippen molar-refractivity contribution in [3.05, 3.63) is 24.3 Å². The quantitative estimate of drug-likeness (QED) is 0.0320. The first-order chi connectivity index (χ1) is 35.0. The van der Waals surface area contributed by atoms with Crippen LogP contribution in [0.3, 0.4) is 0 Å². The van der Waals surface area contributed by atoms with E-state index in [1.54, 1.807) is 0 Å². The Balaban J connectivity index is 3.44. The van der Waals surface area contributed by atoms with E-state index < -0.39 is 12.1 Å². The smallest absolute Gasteiger partial charge is 0.305 e. The fourth-order valence-electron chi connectivity index (χ4n) is 10.1. The summed E-state index contributed by atoms with van der Waals surface area (Å²) in [7, 11) is 0. The summed E-state index contributed by atoms with van der Waals surface area (Å²) < 4.78 is 5.42. The number of hydrogen-bond donors (Lipinski definition) is 3. The summed E-state index contributed by atoms with van der Waals surface area (Å²) in [6.07, 6.45) is 74.9. The number of ether oxygens (including phenoxy) is 1. The highest BCUT2D eigenvalue weighted by atomic mass is 16.5. The van der Waals surface area contributed by atoms with Crippen molar-refractivity contribution in [1.82, 2.24) is 5.32 Å². The normalized spacial score (nSPS) is 12.7. The number of unbranched alkanes of at least 4 members (excludes halogenated alkanes) is 45. The average Bonchev–Trinajstić information content (AvgIpc) is 3.37. The number of amides is 1. The average molecular weight is 1000 g/mol. The summed E-state index contributed by atoms with van der Waals surface area (Å²) in [4.78, 5) is 24.5. The van der Waals surface area contributed by atoms with E-state index in [9.17, 15) is 19.8 Å². The molecule has 0 aromatic carbocycles. The van der Waals surface area contributed by atoms with Crippen LogP contribution in [0.2, 0.25) is 0 Å². The molecule has 6 nitrogen and oxygen atoms in total. The molecule has 0 heterocycles. The molecular formula is C65H125NO5. The van der Waals surface area contributed by atoms with Crippen LogP contribution in [0.1, 0.15) is 354 Å². The highest BCUT2D eigenvalue weighted by molar-refractivity contribution is 5.76. The molecule has 0 spiro atoms. The zero-order valence-corrected chi connectivity index (χ0v) is 48.0. The van der Waals surface area contributed by atoms with E-state index in [0.717, 1.165) is 51.4 Å². The lowest BCUT2D eigenvalue weighted by molar-refractivity contribution is -0.143. The van der Waals surface area contributed by atoms with E-state index in [-0.39, 0.29) is 18.5 Å². The SMILES string of the molecule is CCCCCCCCCCCCCCCCCCCCC(O)C(CO)NC(=O)CCCCCCCCCCCCCCCC/C=C\C/C=C\CCOC(=O)CCCCCCCCCCCCCCCCC. The molecule has 0 aromatic heterocycles. The number of aliphatic hydroxyl groups excluding tert-OH is 2. The van der Waals surface area contributed by atoms with E-state index in [2.05, 4.69) is 43.5 Å². The number of esters is 1. The third-order valence-electron chi connectivity index (χ3n) is 15.0. The summed E-state index contributed by atoms with van der Waals surface area (Å²) in [6, 6.07) is -0.545. The molecule has 3 N–H and O–H groups in total. The molecule has 0 aliphatic carbocycles. The van der Waals surface area contributed by atoms with Crippen LogP contribution in [-0.4, -0.2) is 47.4 Å². The molecule has 0 radical (unpaired) electrons. The number of rotatable bonds is 60. The third kappa shape index (κ3) is 57.5. The number of carbonyl (C=O) groups is 2. The largest absolute Gasteiger partial charge is 0.465 e. The molecule has 0 rings (SSSR count). The van der Waals surface area contributed by atoms with Gasteiger partial charge in [-0.1, -0.05) is 321 Å². The zero-order chi connectivity index (χ0) is 51.4. The Kier molecular flexibility index (Phi) is 59.5. The van der Waals surface area contributed by atoms with E-state index in [1.165, 1.54) is 270 Å². The van der Waals surface area contributed by atoms with Crippen molar-refractivity contribution < 1.29 is 24.5 Å². The van der Waals surface area contributed by atoms with Gasteiger partial charge in [-0.05, 0) is 44.9 Å². The van der Waals surface area contributed by atoms with E-state index in [4.69, 9.17) is 4.74 Å². The van der Waals surface area contributed by atoms with Gasteiger partial charge in [-0.2, -0.15) is 0 Å². The Morgan fingerprint density at radius 2 is 0.704 bits per heavy atom. The fourth-order valence-corrected chi connectivity index (χ4v) is 10.1. The van der Waals surface area contributed by atoms with Crippen LogP contribution in [0.15, 0.2) is 24.3 Å². The fraction of sp³-hybridized carbons (Fsp3) is 0.908. The van der Waals surface area contributed by atoms with E-state index in [0.29, 0.717) is 25.9 Å². The number of hydrogen-bond acceptors (Lipinski definition) is 5. The van der Waals surface area contributed by atoms with E-state index >= 15 is 0 Å². The van der Waals surface area contributed by atoms with Crippen LogP contribution < -0.4 is 5.32 Å². The van der Waals surface area contributed by atoms with Gasteiger partial charge in [0.25, 0.3) is 0 Å². The first-order valence-corrected chi connectivity index (χ1v) is 32.1. The van der Waals surface area contributed by atoms with Crippen molar-refractivity contribution >= 4 is 11.9 Å². The Labute approximate surface area is 443 Å². The molecule has 0 aliphatic heterocycles. The molecule has 2 unspecified atom stereocenters. The van der Waals surface area contributed by atoms with Crippen LogP contribution >= 0.6 is 0 Å². The number of nitrogens with one attached hydrogen (secondary N) is 1. The first-order valence-electron chi connectivity index (χ1n) is 32.1. The lowest BCUT2D eigenvalue weighted by Gasteiger charge is -2.22. The molecule has 0 aromatic rings. The van der Waals surface area contributed by atoms with Crippen molar-refractivity contribution in [3.8, 4) is 0 Å². The van der Waals surface area contributed by atoms with Crippen LogP contribution in [0, 0.1) is 0 Å². The lowest BCUT2D eigenvalue weighted by Crippen LogP contribution is -2.45. The van der Waals surface area contributed by atoms with Gasteiger partial charge in [-0.25, -0.2) is 0 Å². The predicted octanol–water partition coefficient (Wildman–Crippen LogP) is 20.2. The maximum absolute atomic E-state index is 12.5. The van der Waals surface area contributed by atoms with Crippen molar-refractivity contribution in [2.75, 3.05) is 13.2 Å². The molecular weight excluding hydrogens is 875 g/mol. The summed E-state index contributed by atoms with van der Waals surface area (Å²) in [6.45, 7) is 4.87. The summed E-state index contributed by atoms with van der Waals surface area (Å²) in [5, 5.41) is 23.3. The molecule has 420 valence electrons. The number of carbonyl (C=O) groups excluding carboxylic acids is 2. The van der Waals surface area contributed by atoms with Crippen LogP contribution in [0.4, 0.5) is 0 Å². The monoisotopic (exact) mass is 1000 g/mol. The molecule has 0 saturated heterocycles.